The van der Waals surface area contributed by atoms with Crippen molar-refractivity contribution in [2.75, 3.05) is 4.90 Å². The monoisotopic (exact) mass is 617 g/mol. The Balaban J connectivity index is 1.27. The van der Waals surface area contributed by atoms with Gasteiger partial charge in [0.2, 0.25) is 0 Å². The standard InChI is InChI=1S/C43H27N3O2/c47-42-35-20-10-22-39(45-37-21-8-7-17-33(37)34-19-9-18-32(41(34)45)31-16-11-25-44-27-31)40(35)43(48)46(42)38-24-23-30(28-12-3-1-4-13-28)26-36(38)29-14-5-2-6-15-29/h1-27H. The van der Waals surface area contributed by atoms with Crippen molar-refractivity contribution >= 4 is 39.3 Å². The molecule has 0 N–H and O–H groups in total. The molecule has 0 bridgehead atoms. The highest BCUT2D eigenvalue weighted by molar-refractivity contribution is 6.36. The van der Waals surface area contributed by atoms with Crippen LogP contribution in [0.3, 0.4) is 0 Å². The minimum atomic E-state index is -0.347. The van der Waals surface area contributed by atoms with E-state index >= 15 is 0 Å². The van der Waals surface area contributed by atoms with Gasteiger partial charge in [0.25, 0.3) is 11.8 Å². The molecule has 0 aliphatic carbocycles. The molecule has 226 valence electrons. The van der Waals surface area contributed by atoms with Gasteiger partial charge in [-0.15, -0.1) is 0 Å². The van der Waals surface area contributed by atoms with Crippen LogP contribution in [0.25, 0.3) is 60.9 Å². The molecule has 8 aromatic rings. The summed E-state index contributed by atoms with van der Waals surface area (Å²) >= 11 is 0. The Morgan fingerprint density at radius 3 is 1.94 bits per heavy atom. The lowest BCUT2D eigenvalue weighted by molar-refractivity contribution is 0.0926. The van der Waals surface area contributed by atoms with Crippen molar-refractivity contribution in [3.05, 3.63) is 175 Å². The number of pyridine rings is 1. The van der Waals surface area contributed by atoms with E-state index in [9.17, 15) is 9.59 Å². The Morgan fingerprint density at radius 2 is 1.15 bits per heavy atom. The first-order valence-corrected chi connectivity index (χ1v) is 15.9. The lowest BCUT2D eigenvalue weighted by Gasteiger charge is -2.20. The quantitative estimate of drug-likeness (QED) is 0.181. The number of rotatable bonds is 5. The molecule has 2 aromatic heterocycles. The van der Waals surface area contributed by atoms with E-state index in [0.717, 1.165) is 55.2 Å². The van der Waals surface area contributed by atoms with Gasteiger partial charge in [-0.25, -0.2) is 4.90 Å². The van der Waals surface area contributed by atoms with Crippen molar-refractivity contribution in [3.8, 4) is 39.1 Å². The second kappa shape index (κ2) is 11.0. The molecule has 9 rings (SSSR count). The molecule has 0 saturated heterocycles. The fraction of sp³-hybridized carbons (Fsp3) is 0. The maximum absolute atomic E-state index is 14.8. The molecule has 2 amide bonds. The Bertz CT molecular complexity index is 2540. The first-order valence-electron chi connectivity index (χ1n) is 15.9. The minimum Gasteiger partial charge on any atom is -0.308 e. The Kier molecular flexibility index (Phi) is 6.37. The van der Waals surface area contributed by atoms with Crippen LogP contribution in [0.1, 0.15) is 20.7 Å². The summed E-state index contributed by atoms with van der Waals surface area (Å²) in [5.74, 6) is -0.685. The number of hydrogen-bond acceptors (Lipinski definition) is 3. The van der Waals surface area contributed by atoms with E-state index < -0.39 is 0 Å². The van der Waals surface area contributed by atoms with E-state index in [2.05, 4.69) is 58.1 Å². The number of fused-ring (bicyclic) bond motifs is 4. The van der Waals surface area contributed by atoms with Crippen LogP contribution in [0.2, 0.25) is 0 Å². The molecule has 1 aliphatic rings. The number of carbonyl (C=O) groups is 2. The van der Waals surface area contributed by atoms with Crippen molar-refractivity contribution in [1.82, 2.24) is 9.55 Å². The molecule has 0 radical (unpaired) electrons. The topological polar surface area (TPSA) is 55.2 Å². The molecule has 0 spiro atoms. The number of imide groups is 1. The summed E-state index contributed by atoms with van der Waals surface area (Å²) in [7, 11) is 0. The van der Waals surface area contributed by atoms with E-state index in [0.29, 0.717) is 22.5 Å². The fourth-order valence-corrected chi connectivity index (χ4v) is 7.09. The average Bonchev–Trinajstić information content (AvgIpc) is 3.63. The summed E-state index contributed by atoms with van der Waals surface area (Å²) in [5.41, 5.74) is 9.64. The zero-order chi connectivity index (χ0) is 32.2. The molecule has 1 aliphatic heterocycles. The number of benzene rings is 6. The Hall–Kier alpha value is -6.59. The normalized spacial score (nSPS) is 12.6. The van der Waals surface area contributed by atoms with Gasteiger partial charge >= 0.3 is 0 Å². The molecule has 5 nitrogen and oxygen atoms in total. The van der Waals surface area contributed by atoms with Crippen molar-refractivity contribution < 1.29 is 9.59 Å². The molecule has 6 aromatic carbocycles. The first-order chi connectivity index (χ1) is 23.7. The second-order valence-corrected chi connectivity index (χ2v) is 11.9. The predicted octanol–water partition coefficient (Wildman–Crippen LogP) is 9.98. The van der Waals surface area contributed by atoms with Gasteiger partial charge in [0.05, 0.1) is 33.5 Å². The average molecular weight is 618 g/mol. The smallest absolute Gasteiger partial charge is 0.268 e. The van der Waals surface area contributed by atoms with Crippen LogP contribution >= 0.6 is 0 Å². The minimum absolute atomic E-state index is 0.338. The number of nitrogens with zero attached hydrogens (tertiary/aromatic N) is 3. The van der Waals surface area contributed by atoms with Crippen molar-refractivity contribution in [3.63, 3.8) is 0 Å². The van der Waals surface area contributed by atoms with Crippen LogP contribution in [0.4, 0.5) is 5.69 Å². The third-order valence-electron chi connectivity index (χ3n) is 9.23. The molecule has 0 atom stereocenters. The molecule has 5 heteroatoms. The molecule has 48 heavy (non-hydrogen) atoms. The number of carbonyl (C=O) groups excluding carboxylic acids is 2. The summed E-state index contributed by atoms with van der Waals surface area (Å²) in [5, 5.41) is 2.12. The van der Waals surface area contributed by atoms with E-state index in [1.165, 1.54) is 4.90 Å². The lowest BCUT2D eigenvalue weighted by atomic mass is 9.97. The van der Waals surface area contributed by atoms with Crippen LogP contribution in [0, 0.1) is 0 Å². The van der Waals surface area contributed by atoms with Crippen molar-refractivity contribution in [2.24, 2.45) is 0 Å². The highest BCUT2D eigenvalue weighted by Crippen LogP contribution is 2.43. The number of aromatic nitrogens is 2. The summed E-state index contributed by atoms with van der Waals surface area (Å²) in [6.07, 6.45) is 3.62. The van der Waals surface area contributed by atoms with Gasteiger partial charge in [-0.2, -0.15) is 0 Å². The number of anilines is 1. The van der Waals surface area contributed by atoms with E-state index in [4.69, 9.17) is 0 Å². The Morgan fingerprint density at radius 1 is 0.458 bits per heavy atom. The summed E-state index contributed by atoms with van der Waals surface area (Å²) in [6.45, 7) is 0. The van der Waals surface area contributed by atoms with Gasteiger partial charge in [-0.1, -0.05) is 115 Å². The van der Waals surface area contributed by atoms with Crippen LogP contribution in [-0.2, 0) is 0 Å². The Labute approximate surface area is 277 Å². The highest BCUT2D eigenvalue weighted by atomic mass is 16.2. The van der Waals surface area contributed by atoms with Crippen molar-refractivity contribution in [2.45, 2.75) is 0 Å². The van der Waals surface area contributed by atoms with Gasteiger partial charge in [-0.3, -0.25) is 14.6 Å². The van der Waals surface area contributed by atoms with Gasteiger partial charge in [0.15, 0.2) is 0 Å². The van der Waals surface area contributed by atoms with E-state index in [1.54, 1.807) is 12.3 Å². The van der Waals surface area contributed by atoms with Crippen LogP contribution < -0.4 is 4.90 Å². The highest BCUT2D eigenvalue weighted by Gasteiger charge is 2.40. The molecular weight excluding hydrogens is 590 g/mol. The van der Waals surface area contributed by atoms with Crippen LogP contribution in [0.15, 0.2) is 164 Å². The van der Waals surface area contributed by atoms with Gasteiger partial charge in [0.1, 0.15) is 0 Å². The first kappa shape index (κ1) is 27.7. The molecule has 0 fully saturated rings. The third kappa shape index (κ3) is 4.22. The van der Waals surface area contributed by atoms with Crippen LogP contribution in [0.5, 0.6) is 0 Å². The molecule has 3 heterocycles. The second-order valence-electron chi connectivity index (χ2n) is 11.9. The van der Waals surface area contributed by atoms with Crippen molar-refractivity contribution in [1.29, 1.82) is 0 Å². The predicted molar refractivity (Wildman–Crippen MR) is 192 cm³/mol. The van der Waals surface area contributed by atoms with E-state index in [1.807, 2.05) is 103 Å². The SMILES string of the molecule is O=C1c2cccc(-n3c4ccccc4c4cccc(-c5cccnc5)c43)c2C(=O)N1c1ccc(-c2ccccc2)cc1-c1ccccc1. The summed E-state index contributed by atoms with van der Waals surface area (Å²) in [6, 6.07) is 50.0. The number of hydrogen-bond donors (Lipinski definition) is 0. The third-order valence-corrected chi connectivity index (χ3v) is 9.23. The maximum Gasteiger partial charge on any atom is 0.268 e. The van der Waals surface area contributed by atoms with Gasteiger partial charge in [0, 0.05) is 39.9 Å². The fourth-order valence-electron chi connectivity index (χ4n) is 7.09. The zero-order valence-electron chi connectivity index (χ0n) is 25.7. The largest absolute Gasteiger partial charge is 0.308 e. The maximum atomic E-state index is 14.8. The summed E-state index contributed by atoms with van der Waals surface area (Å²) in [4.78, 5) is 34.9. The van der Waals surface area contributed by atoms with E-state index in [-0.39, 0.29) is 11.8 Å². The lowest BCUT2D eigenvalue weighted by Crippen LogP contribution is -2.30. The number of amides is 2. The molecule has 0 unspecified atom stereocenters. The molecule has 0 saturated carbocycles. The molecular formula is C43H27N3O2. The van der Waals surface area contributed by atoms with Gasteiger partial charge in [-0.05, 0) is 53.1 Å². The number of para-hydroxylation sites is 2. The van der Waals surface area contributed by atoms with Gasteiger partial charge < -0.3 is 4.57 Å². The van der Waals surface area contributed by atoms with Crippen LogP contribution in [-0.4, -0.2) is 21.4 Å². The summed E-state index contributed by atoms with van der Waals surface area (Å²) < 4.78 is 2.14. The zero-order valence-corrected chi connectivity index (χ0v) is 25.7.